The van der Waals surface area contributed by atoms with E-state index in [1.54, 1.807) is 19.3 Å². The summed E-state index contributed by atoms with van der Waals surface area (Å²) in [6.45, 7) is 3.89. The Bertz CT molecular complexity index is 344. The highest BCUT2D eigenvalue weighted by Crippen LogP contribution is 2.66. The molecule has 2 nitrogen and oxygen atoms in total. The van der Waals surface area contributed by atoms with Gasteiger partial charge in [-0.2, -0.15) is 0 Å². The average molecular weight is 246 g/mol. The Labute approximate surface area is 110 Å². The Morgan fingerprint density at radius 3 is 2.50 bits per heavy atom. The van der Waals surface area contributed by atoms with Gasteiger partial charge in [0.05, 0.1) is 0 Å². The Kier molecular flexibility index (Phi) is 2.09. The molecule has 1 heterocycles. The van der Waals surface area contributed by atoms with Crippen molar-refractivity contribution in [2.75, 3.05) is 19.6 Å². The number of rotatable bonds is 3. The molecule has 5 unspecified atom stereocenters. The smallest absolute Gasteiger partial charge is 0.0136 e. The minimum Gasteiger partial charge on any atom is -0.317 e. The summed E-state index contributed by atoms with van der Waals surface area (Å²) in [6, 6.07) is 0.954. The highest BCUT2D eigenvalue weighted by atomic mass is 15.0. The maximum atomic E-state index is 3.97. The first-order valence-electron chi connectivity index (χ1n) is 8.31. The molecule has 0 amide bonds. The normalized spacial score (nSPS) is 54.7. The molecule has 100 valence electrons. The molecule has 0 radical (unpaired) electrons. The predicted molar refractivity (Wildman–Crippen MR) is 72.2 cm³/mol. The summed E-state index contributed by atoms with van der Waals surface area (Å²) < 4.78 is 0. The van der Waals surface area contributed by atoms with Crippen LogP contribution in [0.25, 0.3) is 0 Å². The second kappa shape index (κ2) is 3.52. The molecule has 2 heteroatoms. The van der Waals surface area contributed by atoms with Gasteiger partial charge in [0.2, 0.25) is 0 Å². The number of hydrogen-bond donors (Lipinski definition) is 2. The van der Waals surface area contributed by atoms with E-state index in [4.69, 9.17) is 0 Å². The van der Waals surface area contributed by atoms with Gasteiger partial charge in [-0.05, 0) is 93.2 Å². The SMILES string of the molecule is C1CC2(CCN1)CC2CNC1C2C3CCC(C3)C12. The summed E-state index contributed by atoms with van der Waals surface area (Å²) in [6.07, 6.45) is 9.12. The zero-order valence-electron chi connectivity index (χ0n) is 11.3. The van der Waals surface area contributed by atoms with Crippen LogP contribution in [-0.2, 0) is 0 Å². The molecule has 0 aromatic carbocycles. The van der Waals surface area contributed by atoms with Gasteiger partial charge < -0.3 is 10.6 Å². The molecule has 0 aromatic heterocycles. The number of piperidine rings is 1. The van der Waals surface area contributed by atoms with E-state index >= 15 is 0 Å². The van der Waals surface area contributed by atoms with Crippen molar-refractivity contribution in [3.05, 3.63) is 0 Å². The van der Waals surface area contributed by atoms with Crippen molar-refractivity contribution in [2.24, 2.45) is 35.0 Å². The monoisotopic (exact) mass is 246 g/mol. The minimum absolute atomic E-state index is 0.779. The molecule has 1 aliphatic heterocycles. The molecular formula is C16H26N2. The zero-order chi connectivity index (χ0) is 11.7. The average Bonchev–Trinajstić information content (AvgIpc) is 3.16. The third-order valence-electron chi connectivity index (χ3n) is 7.29. The van der Waals surface area contributed by atoms with Crippen molar-refractivity contribution in [1.82, 2.24) is 10.6 Å². The van der Waals surface area contributed by atoms with Gasteiger partial charge in [0.1, 0.15) is 0 Å². The molecule has 2 bridgehead atoms. The van der Waals surface area contributed by atoms with Crippen molar-refractivity contribution in [3.8, 4) is 0 Å². The zero-order valence-corrected chi connectivity index (χ0v) is 11.3. The lowest BCUT2D eigenvalue weighted by molar-refractivity contribution is 0.315. The second-order valence-corrected chi connectivity index (χ2v) is 7.94. The first kappa shape index (κ1) is 10.7. The van der Waals surface area contributed by atoms with Crippen LogP contribution in [0.1, 0.15) is 38.5 Å². The van der Waals surface area contributed by atoms with Crippen LogP contribution in [0.2, 0.25) is 0 Å². The topological polar surface area (TPSA) is 24.1 Å². The summed E-state index contributed by atoms with van der Waals surface area (Å²) in [5.41, 5.74) is 0.779. The van der Waals surface area contributed by atoms with E-state index in [0.29, 0.717) is 0 Å². The van der Waals surface area contributed by atoms with E-state index in [-0.39, 0.29) is 0 Å². The first-order chi connectivity index (χ1) is 8.87. The van der Waals surface area contributed by atoms with Gasteiger partial charge in [0.25, 0.3) is 0 Å². The maximum absolute atomic E-state index is 3.97. The van der Waals surface area contributed by atoms with E-state index in [9.17, 15) is 0 Å². The number of hydrogen-bond acceptors (Lipinski definition) is 2. The van der Waals surface area contributed by atoms with Crippen molar-refractivity contribution < 1.29 is 0 Å². The minimum atomic E-state index is 0.779. The molecule has 1 saturated heterocycles. The summed E-state index contributed by atoms with van der Waals surface area (Å²) in [5.74, 6) is 5.52. The van der Waals surface area contributed by atoms with E-state index in [1.165, 1.54) is 38.9 Å². The molecule has 2 N–H and O–H groups in total. The molecule has 5 rings (SSSR count). The van der Waals surface area contributed by atoms with Gasteiger partial charge in [-0.1, -0.05) is 0 Å². The van der Waals surface area contributed by atoms with Crippen LogP contribution in [0.15, 0.2) is 0 Å². The summed E-state index contributed by atoms with van der Waals surface area (Å²) in [4.78, 5) is 0. The van der Waals surface area contributed by atoms with Crippen molar-refractivity contribution in [2.45, 2.75) is 44.6 Å². The highest BCUT2D eigenvalue weighted by molar-refractivity contribution is 5.17. The van der Waals surface area contributed by atoms with E-state index < -0.39 is 0 Å². The lowest BCUT2D eigenvalue weighted by Gasteiger charge is -2.23. The lowest BCUT2D eigenvalue weighted by atomic mass is 9.92. The number of fused-ring (bicyclic) bond motifs is 5. The standard InChI is InChI=1S/C16H26N2/c1-2-11-7-10(1)13-14(11)15(13)18-9-12-8-16(12)3-5-17-6-4-16/h10-15,17-18H,1-9H2. The van der Waals surface area contributed by atoms with E-state index in [0.717, 1.165) is 41.0 Å². The Morgan fingerprint density at radius 2 is 1.78 bits per heavy atom. The molecule has 1 spiro atoms. The molecule has 4 saturated carbocycles. The molecule has 5 aliphatic rings. The van der Waals surface area contributed by atoms with E-state index in [2.05, 4.69) is 10.6 Å². The van der Waals surface area contributed by atoms with E-state index in [1.807, 2.05) is 0 Å². The molecule has 0 aromatic rings. The second-order valence-electron chi connectivity index (χ2n) is 7.94. The van der Waals surface area contributed by atoms with Crippen LogP contribution >= 0.6 is 0 Å². The fourth-order valence-corrected chi connectivity index (χ4v) is 6.13. The molecular weight excluding hydrogens is 220 g/mol. The van der Waals surface area contributed by atoms with Crippen LogP contribution in [-0.4, -0.2) is 25.7 Å². The maximum Gasteiger partial charge on any atom is 0.0136 e. The lowest BCUT2D eigenvalue weighted by Crippen LogP contribution is -2.32. The predicted octanol–water partition coefficient (Wildman–Crippen LogP) is 2.01. The van der Waals surface area contributed by atoms with Gasteiger partial charge in [0.15, 0.2) is 0 Å². The quantitative estimate of drug-likeness (QED) is 0.796. The Morgan fingerprint density at radius 1 is 1.06 bits per heavy atom. The van der Waals surface area contributed by atoms with Gasteiger partial charge in [-0.3, -0.25) is 0 Å². The van der Waals surface area contributed by atoms with Gasteiger partial charge in [-0.15, -0.1) is 0 Å². The van der Waals surface area contributed by atoms with Gasteiger partial charge >= 0.3 is 0 Å². The third kappa shape index (κ3) is 1.37. The van der Waals surface area contributed by atoms with Crippen LogP contribution in [0.5, 0.6) is 0 Å². The largest absolute Gasteiger partial charge is 0.317 e. The fourth-order valence-electron chi connectivity index (χ4n) is 6.13. The first-order valence-corrected chi connectivity index (χ1v) is 8.31. The van der Waals surface area contributed by atoms with Crippen molar-refractivity contribution >= 4 is 0 Å². The molecule has 4 aliphatic carbocycles. The van der Waals surface area contributed by atoms with Crippen LogP contribution in [0, 0.1) is 35.0 Å². The van der Waals surface area contributed by atoms with Gasteiger partial charge in [0, 0.05) is 6.04 Å². The fraction of sp³-hybridized carbons (Fsp3) is 1.00. The third-order valence-corrected chi connectivity index (χ3v) is 7.29. The van der Waals surface area contributed by atoms with Crippen molar-refractivity contribution in [3.63, 3.8) is 0 Å². The number of nitrogens with one attached hydrogen (secondary N) is 2. The summed E-state index contributed by atoms with van der Waals surface area (Å²) in [5, 5.41) is 7.48. The highest BCUT2D eigenvalue weighted by Gasteiger charge is 2.65. The Balaban J connectivity index is 1.15. The molecule has 5 atom stereocenters. The Hall–Kier alpha value is -0.0800. The van der Waals surface area contributed by atoms with Crippen LogP contribution in [0.4, 0.5) is 0 Å². The summed E-state index contributed by atoms with van der Waals surface area (Å²) >= 11 is 0. The van der Waals surface area contributed by atoms with Crippen LogP contribution in [0.3, 0.4) is 0 Å². The van der Waals surface area contributed by atoms with Crippen molar-refractivity contribution in [1.29, 1.82) is 0 Å². The summed E-state index contributed by atoms with van der Waals surface area (Å²) in [7, 11) is 0. The van der Waals surface area contributed by atoms with Gasteiger partial charge in [-0.25, -0.2) is 0 Å². The molecule has 5 fully saturated rings. The molecule has 18 heavy (non-hydrogen) atoms. The van der Waals surface area contributed by atoms with Crippen LogP contribution < -0.4 is 10.6 Å².